The summed E-state index contributed by atoms with van der Waals surface area (Å²) in [6.07, 6.45) is 0.448. The monoisotopic (exact) mass is 283 g/mol. The fraction of sp³-hybridized carbons (Fsp3) is 0.600. The lowest BCUT2D eigenvalue weighted by Gasteiger charge is -2.13. The second-order valence-electron chi connectivity index (χ2n) is 4.48. The smallest absolute Gasteiger partial charge is 0.119 e. The highest BCUT2D eigenvalue weighted by molar-refractivity contribution is 5.31. The van der Waals surface area contributed by atoms with Crippen molar-refractivity contribution in [2.75, 3.05) is 40.0 Å². The zero-order valence-corrected chi connectivity index (χ0v) is 12.3. The van der Waals surface area contributed by atoms with Crippen LogP contribution in [0.3, 0.4) is 0 Å². The van der Waals surface area contributed by atoms with Gasteiger partial charge in [0.25, 0.3) is 0 Å². The van der Waals surface area contributed by atoms with Crippen LogP contribution in [0.1, 0.15) is 13.3 Å². The Kier molecular flexibility index (Phi) is 8.78. The largest absolute Gasteiger partial charge is 0.494 e. The van der Waals surface area contributed by atoms with Crippen molar-refractivity contribution in [3.63, 3.8) is 0 Å². The summed E-state index contributed by atoms with van der Waals surface area (Å²) < 4.78 is 15.9. The van der Waals surface area contributed by atoms with E-state index < -0.39 is 6.10 Å². The average Bonchev–Trinajstić information content (AvgIpc) is 2.48. The Morgan fingerprint density at radius 3 is 2.35 bits per heavy atom. The van der Waals surface area contributed by atoms with Gasteiger partial charge in [0.2, 0.25) is 0 Å². The molecule has 1 rings (SSSR count). The normalized spacial score (nSPS) is 12.2. The molecule has 0 aliphatic heterocycles. The van der Waals surface area contributed by atoms with Crippen LogP contribution in [0.4, 0.5) is 0 Å². The molecule has 20 heavy (non-hydrogen) atoms. The number of methoxy groups -OCH3 is 1. The average molecular weight is 283 g/mol. The van der Waals surface area contributed by atoms with E-state index in [1.165, 1.54) is 0 Å². The minimum atomic E-state index is -0.539. The minimum Gasteiger partial charge on any atom is -0.494 e. The summed E-state index contributed by atoms with van der Waals surface area (Å²) in [5.41, 5.74) is 0. The Morgan fingerprint density at radius 1 is 1.10 bits per heavy atom. The maximum absolute atomic E-state index is 9.73. The number of hydrogen-bond donors (Lipinski definition) is 2. The zero-order valence-electron chi connectivity index (χ0n) is 12.3. The minimum absolute atomic E-state index is 0.259. The lowest BCUT2D eigenvalue weighted by molar-refractivity contribution is 0.103. The Balaban J connectivity index is 2.20. The number of aliphatic hydroxyl groups is 1. The summed E-state index contributed by atoms with van der Waals surface area (Å²) in [5.74, 6) is 1.56. The van der Waals surface area contributed by atoms with Gasteiger partial charge in [-0.05, 0) is 30.7 Å². The molecule has 0 aliphatic rings. The van der Waals surface area contributed by atoms with Crippen LogP contribution in [-0.2, 0) is 4.74 Å². The highest BCUT2D eigenvalue weighted by atomic mass is 16.5. The van der Waals surface area contributed by atoms with E-state index in [0.717, 1.165) is 24.5 Å². The van der Waals surface area contributed by atoms with E-state index in [2.05, 4.69) is 12.2 Å². The molecule has 2 N–H and O–H groups in total. The van der Waals surface area contributed by atoms with Crippen molar-refractivity contribution in [1.29, 1.82) is 0 Å². The van der Waals surface area contributed by atoms with E-state index >= 15 is 0 Å². The van der Waals surface area contributed by atoms with E-state index in [4.69, 9.17) is 14.2 Å². The molecule has 1 aromatic rings. The Labute approximate surface area is 120 Å². The molecule has 5 nitrogen and oxygen atoms in total. The molecule has 5 heteroatoms. The van der Waals surface area contributed by atoms with Gasteiger partial charge in [-0.2, -0.15) is 0 Å². The van der Waals surface area contributed by atoms with Gasteiger partial charge in [0.05, 0.1) is 13.2 Å². The number of ether oxygens (including phenoxy) is 3. The van der Waals surface area contributed by atoms with Crippen LogP contribution in [0.15, 0.2) is 24.3 Å². The van der Waals surface area contributed by atoms with Gasteiger partial charge < -0.3 is 24.6 Å². The predicted octanol–water partition coefficient (Wildman–Crippen LogP) is 1.45. The van der Waals surface area contributed by atoms with Crippen LogP contribution in [0.5, 0.6) is 11.5 Å². The quantitative estimate of drug-likeness (QED) is 0.602. The second-order valence-corrected chi connectivity index (χ2v) is 4.48. The number of aliphatic hydroxyl groups excluding tert-OH is 1. The first-order valence-corrected chi connectivity index (χ1v) is 6.99. The summed E-state index contributed by atoms with van der Waals surface area (Å²) in [6, 6.07) is 7.43. The second kappa shape index (κ2) is 10.5. The number of rotatable bonds is 11. The Bertz CT molecular complexity index is 342. The number of nitrogens with one attached hydrogen (secondary N) is 1. The molecular weight excluding hydrogens is 258 g/mol. The lowest BCUT2D eigenvalue weighted by Crippen LogP contribution is -2.33. The van der Waals surface area contributed by atoms with Crippen LogP contribution in [0, 0.1) is 0 Å². The van der Waals surface area contributed by atoms with Gasteiger partial charge in [0.15, 0.2) is 0 Å². The third-order valence-corrected chi connectivity index (χ3v) is 2.60. The molecule has 0 saturated heterocycles. The molecule has 0 saturated carbocycles. The molecule has 114 valence electrons. The summed E-state index contributed by atoms with van der Waals surface area (Å²) in [7, 11) is 1.65. The molecule has 0 fully saturated rings. The highest BCUT2D eigenvalue weighted by Crippen LogP contribution is 2.17. The highest BCUT2D eigenvalue weighted by Gasteiger charge is 2.04. The third-order valence-electron chi connectivity index (χ3n) is 2.60. The van der Waals surface area contributed by atoms with E-state index in [0.29, 0.717) is 19.8 Å². The first-order valence-electron chi connectivity index (χ1n) is 6.99. The van der Waals surface area contributed by atoms with E-state index in [1.807, 2.05) is 24.3 Å². The predicted molar refractivity (Wildman–Crippen MR) is 78.5 cm³/mol. The molecule has 0 amide bonds. The third kappa shape index (κ3) is 7.33. The van der Waals surface area contributed by atoms with Crippen LogP contribution >= 0.6 is 0 Å². The van der Waals surface area contributed by atoms with Crippen LogP contribution < -0.4 is 14.8 Å². The van der Waals surface area contributed by atoms with Crippen molar-refractivity contribution in [3.8, 4) is 11.5 Å². The lowest BCUT2D eigenvalue weighted by atomic mass is 10.3. The molecule has 0 radical (unpaired) electrons. The van der Waals surface area contributed by atoms with Gasteiger partial charge in [-0.3, -0.25) is 0 Å². The van der Waals surface area contributed by atoms with Crippen LogP contribution in [-0.4, -0.2) is 51.2 Å². The van der Waals surface area contributed by atoms with Gasteiger partial charge in [0, 0.05) is 20.2 Å². The van der Waals surface area contributed by atoms with Crippen LogP contribution in [0.2, 0.25) is 0 Å². The first-order chi connectivity index (χ1) is 9.76. The van der Waals surface area contributed by atoms with Gasteiger partial charge in [-0.25, -0.2) is 0 Å². The molecule has 0 spiro atoms. The molecule has 1 unspecified atom stereocenters. The zero-order chi connectivity index (χ0) is 14.6. The van der Waals surface area contributed by atoms with Crippen molar-refractivity contribution in [3.05, 3.63) is 24.3 Å². The SMILES string of the molecule is CCCOc1ccc(OCC(O)CNCCOC)cc1. The standard InChI is InChI=1S/C15H25NO4/c1-3-9-19-14-4-6-15(7-5-14)20-12-13(17)11-16-8-10-18-2/h4-7,13,16-17H,3,8-12H2,1-2H3. The van der Waals surface area contributed by atoms with Crippen molar-refractivity contribution >= 4 is 0 Å². The topological polar surface area (TPSA) is 60.0 Å². The fourth-order valence-electron chi connectivity index (χ4n) is 1.55. The number of hydrogen-bond acceptors (Lipinski definition) is 5. The van der Waals surface area contributed by atoms with Crippen molar-refractivity contribution in [2.45, 2.75) is 19.4 Å². The number of benzene rings is 1. The molecule has 0 bridgehead atoms. The molecule has 1 atom stereocenters. The fourth-order valence-corrected chi connectivity index (χ4v) is 1.55. The van der Waals surface area contributed by atoms with Gasteiger partial charge in [0.1, 0.15) is 24.2 Å². The maximum atomic E-state index is 9.73. The van der Waals surface area contributed by atoms with E-state index in [9.17, 15) is 5.11 Å². The summed E-state index contributed by atoms with van der Waals surface area (Å²) in [5, 5.41) is 12.8. The maximum Gasteiger partial charge on any atom is 0.119 e. The first kappa shape index (κ1) is 16.8. The molecule has 0 heterocycles. The molecule has 0 aromatic heterocycles. The van der Waals surface area contributed by atoms with Crippen molar-refractivity contribution in [1.82, 2.24) is 5.32 Å². The van der Waals surface area contributed by atoms with Gasteiger partial charge >= 0.3 is 0 Å². The molecular formula is C15H25NO4. The van der Waals surface area contributed by atoms with Gasteiger partial charge in [-0.15, -0.1) is 0 Å². The Morgan fingerprint density at radius 2 is 1.75 bits per heavy atom. The summed E-state index contributed by atoms with van der Waals surface area (Å²) in [4.78, 5) is 0. The van der Waals surface area contributed by atoms with E-state index in [-0.39, 0.29) is 6.61 Å². The van der Waals surface area contributed by atoms with Crippen LogP contribution in [0.25, 0.3) is 0 Å². The summed E-state index contributed by atoms with van der Waals surface area (Å²) >= 11 is 0. The van der Waals surface area contributed by atoms with Gasteiger partial charge in [-0.1, -0.05) is 6.92 Å². The Hall–Kier alpha value is -1.30. The molecule has 1 aromatic carbocycles. The van der Waals surface area contributed by atoms with E-state index in [1.54, 1.807) is 7.11 Å². The molecule has 0 aliphatic carbocycles. The summed E-state index contributed by atoms with van der Waals surface area (Å²) in [6.45, 7) is 4.88. The van der Waals surface area contributed by atoms with Crippen molar-refractivity contribution in [2.24, 2.45) is 0 Å². The van der Waals surface area contributed by atoms with Crippen molar-refractivity contribution < 1.29 is 19.3 Å².